The molecule has 4 aliphatic rings. The topological polar surface area (TPSA) is 312 Å². The van der Waals surface area contributed by atoms with Crippen LogP contribution in [0.2, 0.25) is 12.1 Å². The van der Waals surface area contributed by atoms with Crippen LogP contribution in [0.4, 0.5) is 40.6 Å². The van der Waals surface area contributed by atoms with Gasteiger partial charge in [0.1, 0.15) is 22.4 Å². The van der Waals surface area contributed by atoms with E-state index in [4.69, 9.17) is 42.8 Å². The Morgan fingerprint density at radius 3 is 2.26 bits per heavy atom. The van der Waals surface area contributed by atoms with Gasteiger partial charge in [0.15, 0.2) is 5.75 Å². The molecule has 1 aliphatic carbocycles. The van der Waals surface area contributed by atoms with Crippen LogP contribution in [-0.2, 0) is 42.4 Å². The van der Waals surface area contributed by atoms with Crippen LogP contribution in [0.1, 0.15) is 83.6 Å². The number of fused-ring (bicyclic) bond motifs is 3. The second-order valence-electron chi connectivity index (χ2n) is 19.4. The van der Waals surface area contributed by atoms with E-state index in [0.29, 0.717) is 56.5 Å². The summed E-state index contributed by atoms with van der Waals surface area (Å²) in [7, 11) is -16.1. The summed E-state index contributed by atoms with van der Waals surface area (Å²) in [6, 6.07) is 19.5. The molecule has 8 N–H and O–H groups in total. The number of hydrogen-bond donors (Lipinski definition) is 7. The molecule has 7 unspecified atom stereocenters. The first-order valence-corrected chi connectivity index (χ1v) is 31.8. The second-order valence-corrected chi connectivity index (χ2v) is 27.1. The fourth-order valence-corrected chi connectivity index (χ4v) is 17.5. The molecule has 22 nitrogen and oxygen atoms in total. The third kappa shape index (κ3) is 11.8. The van der Waals surface area contributed by atoms with Crippen LogP contribution in [0.3, 0.4) is 0 Å². The van der Waals surface area contributed by atoms with Crippen molar-refractivity contribution in [3.8, 4) is 5.75 Å². The molecule has 4 heterocycles. The molecule has 26 heteroatoms. The Labute approximate surface area is 432 Å². The van der Waals surface area contributed by atoms with Crippen LogP contribution < -0.4 is 21.3 Å². The second kappa shape index (κ2) is 21.9. The number of aromatic nitrogens is 3. The SMILES string of the molecule is CCN(c1ccccc1)c1nc(NCCC[Si]23OC4CCCCCCCC5O[Si](O)(CCCN)OC5CC(C)(O2)C4O3)nc(Nc2cc(S(=O)(=O)O)cc3cc(C)c(N=Nc4ccccc4S(=O)(=O)O)c(O)c23)n1. The maximum atomic E-state index is 12.7. The minimum atomic E-state index is -4.81. The number of rotatable bonds is 17. The standard InChI is InChI=1S/C48H63N9O13S2Si2/c1-4-57(33-17-9-8-10-18-33)47-53-45(50-24-16-26-74-68-38-21-12-7-5-6-11-20-37-39(30-48(3,70-74)44(38)69-74)67-73(65,66-37)25-15-23-49)52-46(54-47)51-36-29-34(71(59,60)61)28-32-27-31(2)42(43(58)41(32)36)56-55-35-19-13-14-22-40(35)72(62,63)64/h8-10,13-14,17-19,22,27-29,37-39,44,58,65H,4-7,11-12,15-16,20-21,23-26,30,49H2,1-3H3,(H,59,60,61)(H,62,63,64)(H2,50,51,52,53,54). The lowest BCUT2D eigenvalue weighted by atomic mass is 9.85. The van der Waals surface area contributed by atoms with Crippen LogP contribution in [0.15, 0.2) is 92.8 Å². The van der Waals surface area contributed by atoms with Crippen molar-refractivity contribution in [3.63, 3.8) is 0 Å². The maximum absolute atomic E-state index is 12.7. The average molecular weight is 1090 g/mol. The summed E-state index contributed by atoms with van der Waals surface area (Å²) in [5.74, 6) is -0.181. The number of aromatic hydroxyl groups is 1. The van der Waals surface area contributed by atoms with E-state index < -0.39 is 59.0 Å². The van der Waals surface area contributed by atoms with Gasteiger partial charge in [-0.25, -0.2) is 0 Å². The van der Waals surface area contributed by atoms with Crippen LogP contribution in [0.25, 0.3) is 10.8 Å². The quantitative estimate of drug-likeness (QED) is 0.0199. The number of nitrogens with zero attached hydrogens (tertiary/aromatic N) is 6. The van der Waals surface area contributed by atoms with Crippen molar-refractivity contribution in [2.75, 3.05) is 35.2 Å². The van der Waals surface area contributed by atoms with Gasteiger partial charge in [0.2, 0.25) is 17.8 Å². The largest absolute Gasteiger partial charge is 0.505 e. The Morgan fingerprint density at radius 2 is 1.53 bits per heavy atom. The molecule has 9 rings (SSSR count). The highest BCUT2D eigenvalue weighted by atomic mass is 32.2. The molecule has 3 aliphatic heterocycles. The van der Waals surface area contributed by atoms with Gasteiger partial charge in [0, 0.05) is 42.7 Å². The van der Waals surface area contributed by atoms with E-state index in [9.17, 15) is 35.8 Å². The van der Waals surface area contributed by atoms with Crippen molar-refractivity contribution >= 4 is 89.2 Å². The van der Waals surface area contributed by atoms with E-state index >= 15 is 0 Å². The first-order valence-electron chi connectivity index (χ1n) is 25.0. The smallest absolute Gasteiger partial charge is 0.502 e. The molecule has 0 amide bonds. The summed E-state index contributed by atoms with van der Waals surface area (Å²) in [5.41, 5.74) is 5.79. The van der Waals surface area contributed by atoms with Crippen molar-refractivity contribution in [1.82, 2.24) is 15.0 Å². The molecule has 4 aromatic carbocycles. The minimum absolute atomic E-state index is 0.0347. The zero-order chi connectivity index (χ0) is 52.5. The average Bonchev–Trinajstić information content (AvgIpc) is 3.97. The highest BCUT2D eigenvalue weighted by molar-refractivity contribution is 7.86. The van der Waals surface area contributed by atoms with Gasteiger partial charge in [0.25, 0.3) is 20.2 Å². The molecule has 7 atom stereocenters. The van der Waals surface area contributed by atoms with Crippen LogP contribution in [-0.4, -0.2) is 118 Å². The lowest BCUT2D eigenvalue weighted by Gasteiger charge is -2.40. The molecule has 4 fully saturated rings. The summed E-state index contributed by atoms with van der Waals surface area (Å²) in [5, 5.41) is 26.7. The minimum Gasteiger partial charge on any atom is -0.505 e. The van der Waals surface area contributed by atoms with Gasteiger partial charge in [-0.05, 0) is 106 Å². The van der Waals surface area contributed by atoms with Gasteiger partial charge in [-0.3, -0.25) is 9.11 Å². The Balaban J connectivity index is 1.00. The molecule has 398 valence electrons. The zero-order valence-corrected chi connectivity index (χ0v) is 45.0. The third-order valence-electron chi connectivity index (χ3n) is 13.8. The molecular formula is C48H63N9O13S2Si2. The van der Waals surface area contributed by atoms with Crippen molar-refractivity contribution in [2.24, 2.45) is 16.0 Å². The first kappa shape index (κ1) is 53.7. The van der Waals surface area contributed by atoms with Crippen LogP contribution in [0.5, 0.6) is 5.75 Å². The summed E-state index contributed by atoms with van der Waals surface area (Å²) in [4.78, 5) is 26.6. The van der Waals surface area contributed by atoms with Gasteiger partial charge in [-0.2, -0.15) is 31.8 Å². The summed E-state index contributed by atoms with van der Waals surface area (Å²) in [6.07, 6.45) is 7.40. The summed E-state index contributed by atoms with van der Waals surface area (Å²) >= 11 is 0. The number of aryl methyl sites for hydroxylation is 1. The molecule has 3 saturated heterocycles. The van der Waals surface area contributed by atoms with Crippen LogP contribution >= 0.6 is 0 Å². The van der Waals surface area contributed by atoms with E-state index in [-0.39, 0.29) is 70.1 Å². The van der Waals surface area contributed by atoms with Crippen molar-refractivity contribution < 1.29 is 58.0 Å². The molecule has 0 radical (unpaired) electrons. The fourth-order valence-electron chi connectivity index (χ4n) is 10.4. The number of nitrogens with two attached hydrogens (primary N) is 1. The lowest BCUT2D eigenvalue weighted by Crippen LogP contribution is -2.54. The number of para-hydroxylation sites is 1. The van der Waals surface area contributed by atoms with Crippen molar-refractivity contribution in [3.05, 3.63) is 78.4 Å². The Bertz CT molecular complexity index is 3120. The molecule has 1 aromatic heterocycles. The Kier molecular flexibility index (Phi) is 15.9. The van der Waals surface area contributed by atoms with E-state index in [1.54, 1.807) is 6.92 Å². The first-order chi connectivity index (χ1) is 35.3. The molecule has 74 heavy (non-hydrogen) atoms. The van der Waals surface area contributed by atoms with E-state index in [1.165, 1.54) is 30.3 Å². The maximum Gasteiger partial charge on any atom is 0.502 e. The third-order valence-corrected chi connectivity index (χ3v) is 20.9. The van der Waals surface area contributed by atoms with E-state index in [0.717, 1.165) is 62.8 Å². The van der Waals surface area contributed by atoms with Crippen molar-refractivity contribution in [2.45, 2.75) is 137 Å². The number of phenolic OH excluding ortho intramolecular Hbond substituents is 1. The van der Waals surface area contributed by atoms with Gasteiger partial charge >= 0.3 is 17.6 Å². The van der Waals surface area contributed by atoms with E-state index in [2.05, 4.69) is 27.8 Å². The molecule has 0 spiro atoms. The number of benzene rings is 4. The molecule has 2 bridgehead atoms. The zero-order valence-electron chi connectivity index (χ0n) is 41.4. The number of nitrogens with one attached hydrogen (secondary N) is 2. The predicted octanol–water partition coefficient (Wildman–Crippen LogP) is 8.36. The summed E-state index contributed by atoms with van der Waals surface area (Å²) < 4.78 is 103. The highest BCUT2D eigenvalue weighted by Crippen LogP contribution is 2.51. The van der Waals surface area contributed by atoms with Crippen LogP contribution in [0, 0.1) is 6.92 Å². The number of anilines is 5. The molecule has 1 saturated carbocycles. The monoisotopic (exact) mass is 1090 g/mol. The number of phenols is 1. The van der Waals surface area contributed by atoms with Gasteiger partial charge in [-0.15, -0.1) is 10.2 Å². The molecule has 5 aromatic rings. The van der Waals surface area contributed by atoms with Crippen molar-refractivity contribution in [1.29, 1.82) is 0 Å². The Morgan fingerprint density at radius 1 is 0.824 bits per heavy atom. The number of azo groups is 1. The van der Waals surface area contributed by atoms with E-state index in [1.807, 2.05) is 42.2 Å². The normalized spacial score (nSPS) is 26.4. The lowest BCUT2D eigenvalue weighted by molar-refractivity contribution is -0.0709. The van der Waals surface area contributed by atoms with Gasteiger partial charge < -0.3 is 53.3 Å². The van der Waals surface area contributed by atoms with Gasteiger partial charge in [-0.1, -0.05) is 62.4 Å². The fraction of sp³-hybridized carbons (Fsp3) is 0.479. The predicted molar refractivity (Wildman–Crippen MR) is 279 cm³/mol. The Hall–Kier alpha value is -5.08. The number of hydrogen-bond acceptors (Lipinski definition) is 20. The van der Waals surface area contributed by atoms with Gasteiger partial charge in [0.05, 0.1) is 34.5 Å². The summed E-state index contributed by atoms with van der Waals surface area (Å²) in [6.45, 7) is 6.77. The highest BCUT2D eigenvalue weighted by Gasteiger charge is 2.69. The molecular weight excluding hydrogens is 1030 g/mol.